The van der Waals surface area contributed by atoms with Crippen LogP contribution in [0.4, 0.5) is 13.2 Å². The molecule has 0 saturated carbocycles. The highest BCUT2D eigenvalue weighted by Gasteiger charge is 2.30. The number of amides is 1. The molecule has 1 aromatic carbocycles. The van der Waals surface area contributed by atoms with E-state index >= 15 is 0 Å². The normalized spacial score (nSPS) is 12.5. The number of carboxylic acid groups (broad SMARTS) is 1. The molecule has 0 bridgehead atoms. The SMILES string of the molecule is CC(C)[C@@H](NC(=O)c1cnc(OCC(F)(F)F)c(-c2cccc(Cl)c2)n1)C(=O)[O-]. The molecule has 0 aliphatic carbocycles. The largest absolute Gasteiger partial charge is 0.548 e. The summed E-state index contributed by atoms with van der Waals surface area (Å²) in [6, 6.07) is 4.69. The first-order chi connectivity index (χ1) is 13.5. The fourth-order valence-electron chi connectivity index (χ4n) is 2.28. The molecule has 0 radical (unpaired) electrons. The van der Waals surface area contributed by atoms with E-state index in [4.69, 9.17) is 16.3 Å². The van der Waals surface area contributed by atoms with Crippen molar-refractivity contribution in [2.24, 2.45) is 5.92 Å². The average Bonchev–Trinajstić information content (AvgIpc) is 2.63. The van der Waals surface area contributed by atoms with Gasteiger partial charge in [-0.15, -0.1) is 0 Å². The first-order valence-electron chi connectivity index (χ1n) is 8.32. The van der Waals surface area contributed by atoms with Crippen molar-refractivity contribution >= 4 is 23.5 Å². The number of carbonyl (C=O) groups excluding carboxylic acids is 2. The highest BCUT2D eigenvalue weighted by atomic mass is 35.5. The Bertz CT molecular complexity index is 906. The Morgan fingerprint density at radius 1 is 1.31 bits per heavy atom. The number of alkyl halides is 3. The lowest BCUT2D eigenvalue weighted by atomic mass is 10.0. The van der Waals surface area contributed by atoms with Crippen molar-refractivity contribution in [3.63, 3.8) is 0 Å². The molecule has 11 heteroatoms. The molecule has 2 aromatic rings. The van der Waals surface area contributed by atoms with Crippen molar-refractivity contribution in [3.05, 3.63) is 41.2 Å². The van der Waals surface area contributed by atoms with Crippen LogP contribution in [0, 0.1) is 5.92 Å². The zero-order valence-corrected chi connectivity index (χ0v) is 16.0. The second-order valence-electron chi connectivity index (χ2n) is 6.34. The van der Waals surface area contributed by atoms with Gasteiger partial charge in [0.1, 0.15) is 11.4 Å². The van der Waals surface area contributed by atoms with Gasteiger partial charge < -0.3 is 20.0 Å². The Kier molecular flexibility index (Phi) is 7.02. The van der Waals surface area contributed by atoms with E-state index in [1.54, 1.807) is 19.9 Å². The lowest BCUT2D eigenvalue weighted by Crippen LogP contribution is -2.51. The van der Waals surface area contributed by atoms with Crippen LogP contribution in [0.15, 0.2) is 30.5 Å². The van der Waals surface area contributed by atoms with Gasteiger partial charge >= 0.3 is 6.18 Å². The van der Waals surface area contributed by atoms with Gasteiger partial charge in [-0.3, -0.25) is 4.79 Å². The van der Waals surface area contributed by atoms with Crippen LogP contribution in [-0.2, 0) is 4.79 Å². The number of hydrogen-bond acceptors (Lipinski definition) is 6. The number of carbonyl (C=O) groups is 2. The summed E-state index contributed by atoms with van der Waals surface area (Å²) in [6.07, 6.45) is -3.72. The van der Waals surface area contributed by atoms with Crippen LogP contribution in [-0.4, -0.2) is 40.7 Å². The average molecular weight is 431 g/mol. The van der Waals surface area contributed by atoms with Gasteiger partial charge in [0.15, 0.2) is 6.61 Å². The summed E-state index contributed by atoms with van der Waals surface area (Å²) in [5.41, 5.74) is -0.206. The van der Waals surface area contributed by atoms with Crippen molar-refractivity contribution in [2.75, 3.05) is 6.61 Å². The number of hydrogen-bond donors (Lipinski definition) is 1. The molecule has 0 fully saturated rings. The monoisotopic (exact) mass is 430 g/mol. The highest BCUT2D eigenvalue weighted by Crippen LogP contribution is 2.29. The van der Waals surface area contributed by atoms with Gasteiger partial charge in [0.05, 0.1) is 18.2 Å². The van der Waals surface area contributed by atoms with Gasteiger partial charge in [0.2, 0.25) is 5.88 Å². The highest BCUT2D eigenvalue weighted by molar-refractivity contribution is 6.30. The van der Waals surface area contributed by atoms with Gasteiger partial charge in [-0.1, -0.05) is 37.6 Å². The smallest absolute Gasteiger partial charge is 0.422 e. The lowest BCUT2D eigenvalue weighted by molar-refractivity contribution is -0.309. The number of carboxylic acids is 1. The van der Waals surface area contributed by atoms with Gasteiger partial charge in [0.25, 0.3) is 5.91 Å². The van der Waals surface area contributed by atoms with Crippen molar-refractivity contribution in [1.82, 2.24) is 15.3 Å². The quantitative estimate of drug-likeness (QED) is 0.722. The molecular formula is C18H16ClF3N3O4-. The number of nitrogens with one attached hydrogen (secondary N) is 1. The van der Waals surface area contributed by atoms with Crippen LogP contribution in [0.2, 0.25) is 5.02 Å². The Labute approximate surface area is 168 Å². The predicted octanol–water partition coefficient (Wildman–Crippen LogP) is 2.24. The van der Waals surface area contributed by atoms with Crippen molar-refractivity contribution in [2.45, 2.75) is 26.1 Å². The summed E-state index contributed by atoms with van der Waals surface area (Å²) >= 11 is 5.92. The third-order valence-corrected chi connectivity index (χ3v) is 3.88. The van der Waals surface area contributed by atoms with Crippen LogP contribution < -0.4 is 15.2 Å². The fraction of sp³-hybridized carbons (Fsp3) is 0.333. The number of rotatable bonds is 7. The summed E-state index contributed by atoms with van der Waals surface area (Å²) in [6.45, 7) is 1.52. The summed E-state index contributed by atoms with van der Waals surface area (Å²) < 4.78 is 42.3. The molecule has 2 rings (SSSR count). The van der Waals surface area contributed by atoms with Gasteiger partial charge in [-0.05, 0) is 18.1 Å². The van der Waals surface area contributed by atoms with Gasteiger partial charge in [-0.25, -0.2) is 9.97 Å². The second kappa shape index (κ2) is 9.08. The Balaban J connectivity index is 2.42. The molecular weight excluding hydrogens is 415 g/mol. The number of aromatic nitrogens is 2. The maximum absolute atomic E-state index is 12.5. The van der Waals surface area contributed by atoms with Gasteiger partial charge in [0, 0.05) is 10.6 Å². The molecule has 1 atom stereocenters. The van der Waals surface area contributed by atoms with E-state index in [1.165, 1.54) is 18.2 Å². The summed E-state index contributed by atoms with van der Waals surface area (Å²) in [5.74, 6) is -3.30. The lowest BCUT2D eigenvalue weighted by Gasteiger charge is -2.23. The summed E-state index contributed by atoms with van der Waals surface area (Å²) in [4.78, 5) is 31.3. The van der Waals surface area contributed by atoms with E-state index in [-0.39, 0.29) is 22.0 Å². The number of aliphatic carboxylic acids is 1. The van der Waals surface area contributed by atoms with E-state index < -0.39 is 42.5 Å². The third kappa shape index (κ3) is 6.31. The first kappa shape index (κ1) is 22.4. The van der Waals surface area contributed by atoms with E-state index in [1.807, 2.05) is 0 Å². The topological polar surface area (TPSA) is 104 Å². The van der Waals surface area contributed by atoms with E-state index in [0.717, 1.165) is 6.20 Å². The maximum Gasteiger partial charge on any atom is 0.422 e. The second-order valence-corrected chi connectivity index (χ2v) is 6.77. The van der Waals surface area contributed by atoms with Crippen LogP contribution >= 0.6 is 11.6 Å². The van der Waals surface area contributed by atoms with Crippen LogP contribution in [0.3, 0.4) is 0 Å². The Morgan fingerprint density at radius 3 is 2.55 bits per heavy atom. The molecule has 7 nitrogen and oxygen atoms in total. The molecule has 1 amide bonds. The molecule has 1 N–H and O–H groups in total. The minimum absolute atomic E-state index is 0.154. The molecule has 0 saturated heterocycles. The molecule has 1 heterocycles. The van der Waals surface area contributed by atoms with Crippen LogP contribution in [0.25, 0.3) is 11.3 Å². The first-order valence-corrected chi connectivity index (χ1v) is 8.70. The standard InChI is InChI=1S/C18H17ClF3N3O4/c1-9(2)13(17(27)28)25-15(26)12-7-23-16(29-8-18(20,21)22)14(24-12)10-4-3-5-11(19)6-10/h3-7,9,13H,8H2,1-2H3,(H,25,26)(H,27,28)/p-1/t13-/m1/s1. The number of halogens is 4. The Hall–Kier alpha value is -2.88. The molecule has 0 aliphatic rings. The zero-order valence-electron chi connectivity index (χ0n) is 15.3. The van der Waals surface area contributed by atoms with Crippen LogP contribution in [0.1, 0.15) is 24.3 Å². The third-order valence-electron chi connectivity index (χ3n) is 3.65. The van der Waals surface area contributed by atoms with E-state index in [0.29, 0.717) is 0 Å². The van der Waals surface area contributed by atoms with Crippen molar-refractivity contribution < 1.29 is 32.6 Å². The molecule has 156 valence electrons. The zero-order chi connectivity index (χ0) is 21.8. The van der Waals surface area contributed by atoms with Crippen molar-refractivity contribution in [3.8, 4) is 17.1 Å². The molecule has 29 heavy (non-hydrogen) atoms. The maximum atomic E-state index is 12.5. The van der Waals surface area contributed by atoms with E-state index in [9.17, 15) is 27.9 Å². The fourth-order valence-corrected chi connectivity index (χ4v) is 2.47. The number of ether oxygens (including phenoxy) is 1. The molecule has 0 unspecified atom stereocenters. The number of nitrogens with zero attached hydrogens (tertiary/aromatic N) is 2. The van der Waals surface area contributed by atoms with Crippen LogP contribution in [0.5, 0.6) is 5.88 Å². The number of benzene rings is 1. The predicted molar refractivity (Wildman–Crippen MR) is 95.1 cm³/mol. The molecule has 0 aliphatic heterocycles. The molecule has 1 aromatic heterocycles. The van der Waals surface area contributed by atoms with Crippen molar-refractivity contribution in [1.29, 1.82) is 0 Å². The minimum atomic E-state index is -4.61. The summed E-state index contributed by atoms with van der Waals surface area (Å²) in [5, 5.41) is 13.7. The minimum Gasteiger partial charge on any atom is -0.548 e. The Morgan fingerprint density at radius 2 is 2.00 bits per heavy atom. The van der Waals surface area contributed by atoms with E-state index in [2.05, 4.69) is 15.3 Å². The summed E-state index contributed by atoms with van der Waals surface area (Å²) in [7, 11) is 0. The molecule has 0 spiro atoms. The van der Waals surface area contributed by atoms with Gasteiger partial charge in [-0.2, -0.15) is 13.2 Å².